The number of aryl methyl sites for hydroxylation is 1. The first-order chi connectivity index (χ1) is 10.4. The molecule has 22 heavy (non-hydrogen) atoms. The highest BCUT2D eigenvalue weighted by atomic mass is 32.1. The Labute approximate surface area is 134 Å². The van der Waals surface area contributed by atoms with Crippen molar-refractivity contribution in [3.05, 3.63) is 35.8 Å². The van der Waals surface area contributed by atoms with Crippen molar-refractivity contribution < 1.29 is 13.9 Å². The molecule has 1 aromatic heterocycles. The Morgan fingerprint density at radius 1 is 1.45 bits per heavy atom. The van der Waals surface area contributed by atoms with Crippen LogP contribution in [0.2, 0.25) is 0 Å². The molecule has 3 aliphatic heterocycles. The fourth-order valence-electron chi connectivity index (χ4n) is 3.82. The first-order valence-corrected chi connectivity index (χ1v) is 7.87. The van der Waals surface area contributed by atoms with Crippen LogP contribution in [0.5, 0.6) is 0 Å². The molecule has 5 nitrogen and oxygen atoms in total. The topological polar surface area (TPSA) is 54.7 Å². The summed E-state index contributed by atoms with van der Waals surface area (Å²) in [5.41, 5.74) is -0.349. The molecule has 0 aliphatic carbocycles. The number of furan rings is 1. The van der Waals surface area contributed by atoms with Crippen molar-refractivity contribution in [2.24, 2.45) is 5.92 Å². The van der Waals surface area contributed by atoms with Crippen LogP contribution in [0.1, 0.15) is 29.7 Å². The van der Waals surface area contributed by atoms with E-state index in [9.17, 15) is 4.79 Å². The van der Waals surface area contributed by atoms with Gasteiger partial charge in [-0.25, -0.2) is 0 Å². The van der Waals surface area contributed by atoms with Gasteiger partial charge in [0.15, 0.2) is 10.9 Å². The summed E-state index contributed by atoms with van der Waals surface area (Å²) in [5.74, 6) is 1.11. The van der Waals surface area contributed by atoms with Crippen LogP contribution >= 0.6 is 12.2 Å². The van der Waals surface area contributed by atoms with Gasteiger partial charge in [0.1, 0.15) is 11.4 Å². The third kappa shape index (κ3) is 2.01. The van der Waals surface area contributed by atoms with E-state index < -0.39 is 0 Å². The fourth-order valence-corrected chi connectivity index (χ4v) is 4.05. The van der Waals surface area contributed by atoms with Crippen molar-refractivity contribution in [1.29, 1.82) is 0 Å². The Balaban J connectivity index is 1.43. The standard InChI is InChI=1S/C16H18N2O3S/c1-10-3-4-12(20-10)13(19)17-14(22)18-8-11-7-15(2)5-6-16(11,9-18)21-15/h3-6,11H,7-9H2,1-2H3,(H,17,19,22). The number of thiocarbonyl (C=S) groups is 1. The van der Waals surface area contributed by atoms with E-state index in [-0.39, 0.29) is 22.9 Å². The molecular formula is C16H18N2O3S. The molecule has 4 heterocycles. The molecule has 2 bridgehead atoms. The normalized spacial score (nSPS) is 35.0. The Hall–Kier alpha value is -1.66. The van der Waals surface area contributed by atoms with Gasteiger partial charge in [0.25, 0.3) is 5.91 Å². The Bertz CT molecular complexity index is 697. The summed E-state index contributed by atoms with van der Waals surface area (Å²) >= 11 is 5.39. The molecule has 4 rings (SSSR count). The van der Waals surface area contributed by atoms with Gasteiger partial charge in [0.2, 0.25) is 0 Å². The molecule has 6 heteroatoms. The quantitative estimate of drug-likeness (QED) is 0.634. The van der Waals surface area contributed by atoms with Crippen molar-refractivity contribution >= 4 is 23.2 Å². The summed E-state index contributed by atoms with van der Waals surface area (Å²) in [6.07, 6.45) is 5.33. The smallest absolute Gasteiger partial charge is 0.293 e. The molecule has 3 atom stereocenters. The van der Waals surface area contributed by atoms with Gasteiger partial charge in [0, 0.05) is 12.5 Å². The van der Waals surface area contributed by atoms with Gasteiger partial charge in [-0.05, 0) is 44.6 Å². The number of fused-ring (bicyclic) bond motifs is 1. The second kappa shape index (κ2) is 4.43. The summed E-state index contributed by atoms with van der Waals surface area (Å²) < 4.78 is 11.5. The fraction of sp³-hybridized carbons (Fsp3) is 0.500. The maximum Gasteiger partial charge on any atom is 0.293 e. The number of rotatable bonds is 1. The number of likely N-dealkylation sites (tertiary alicyclic amines) is 1. The monoisotopic (exact) mass is 318 g/mol. The van der Waals surface area contributed by atoms with Crippen LogP contribution in [0.25, 0.3) is 0 Å². The summed E-state index contributed by atoms with van der Waals surface area (Å²) in [6, 6.07) is 3.41. The molecule has 1 spiro atoms. The van der Waals surface area contributed by atoms with Gasteiger partial charge < -0.3 is 14.1 Å². The van der Waals surface area contributed by atoms with E-state index in [1.54, 1.807) is 19.1 Å². The highest BCUT2D eigenvalue weighted by Crippen LogP contribution is 2.52. The average molecular weight is 318 g/mol. The average Bonchev–Trinajstić information content (AvgIpc) is 3.14. The number of hydrogen-bond acceptors (Lipinski definition) is 4. The van der Waals surface area contributed by atoms with Crippen LogP contribution in [0.15, 0.2) is 28.7 Å². The molecule has 1 amide bonds. The molecular weight excluding hydrogens is 300 g/mol. The number of carbonyl (C=O) groups excluding carboxylic acids is 1. The van der Waals surface area contributed by atoms with Gasteiger partial charge in [-0.1, -0.05) is 12.2 Å². The number of nitrogens with one attached hydrogen (secondary N) is 1. The van der Waals surface area contributed by atoms with E-state index in [1.165, 1.54) is 0 Å². The van der Waals surface area contributed by atoms with Crippen LogP contribution in [0.3, 0.4) is 0 Å². The van der Waals surface area contributed by atoms with Gasteiger partial charge in [0.05, 0.1) is 12.1 Å². The summed E-state index contributed by atoms with van der Waals surface area (Å²) in [6.45, 7) is 5.44. The minimum atomic E-state index is -0.305. The zero-order valence-corrected chi connectivity index (χ0v) is 13.4. The first kappa shape index (κ1) is 14.0. The van der Waals surface area contributed by atoms with Crippen LogP contribution < -0.4 is 5.32 Å². The summed E-state index contributed by atoms with van der Waals surface area (Å²) in [5, 5.41) is 3.19. The van der Waals surface area contributed by atoms with E-state index in [0.717, 1.165) is 13.0 Å². The van der Waals surface area contributed by atoms with E-state index in [0.29, 0.717) is 23.3 Å². The zero-order valence-electron chi connectivity index (χ0n) is 12.6. The van der Waals surface area contributed by atoms with E-state index in [1.807, 2.05) is 4.90 Å². The second-order valence-electron chi connectivity index (χ2n) is 6.65. The number of nitrogens with zero attached hydrogens (tertiary/aromatic N) is 1. The predicted octanol–water partition coefficient (Wildman–Crippen LogP) is 2.02. The molecule has 0 saturated carbocycles. The van der Waals surface area contributed by atoms with Gasteiger partial charge in [-0.3, -0.25) is 10.1 Å². The molecule has 2 saturated heterocycles. The van der Waals surface area contributed by atoms with Gasteiger partial charge in [-0.15, -0.1) is 0 Å². The minimum absolute atomic E-state index is 0.118. The predicted molar refractivity (Wildman–Crippen MR) is 84.6 cm³/mol. The maximum absolute atomic E-state index is 12.1. The van der Waals surface area contributed by atoms with Crippen molar-refractivity contribution in [3.8, 4) is 0 Å². The number of carbonyl (C=O) groups is 1. The van der Waals surface area contributed by atoms with Crippen molar-refractivity contribution in [1.82, 2.24) is 10.2 Å². The number of hydrogen-bond donors (Lipinski definition) is 1. The van der Waals surface area contributed by atoms with E-state index >= 15 is 0 Å². The van der Waals surface area contributed by atoms with Gasteiger partial charge >= 0.3 is 0 Å². The highest BCUT2D eigenvalue weighted by Gasteiger charge is 2.60. The van der Waals surface area contributed by atoms with Crippen LogP contribution in [0.4, 0.5) is 0 Å². The molecule has 0 radical (unpaired) electrons. The number of ether oxygens (including phenoxy) is 1. The lowest BCUT2D eigenvalue weighted by molar-refractivity contribution is -0.0230. The van der Waals surface area contributed by atoms with E-state index in [4.69, 9.17) is 21.4 Å². The lowest BCUT2D eigenvalue weighted by Crippen LogP contribution is -2.43. The van der Waals surface area contributed by atoms with Crippen molar-refractivity contribution in [2.45, 2.75) is 31.5 Å². The van der Waals surface area contributed by atoms with Crippen molar-refractivity contribution in [2.75, 3.05) is 13.1 Å². The summed E-state index contributed by atoms with van der Waals surface area (Å²) in [7, 11) is 0. The molecule has 116 valence electrons. The first-order valence-electron chi connectivity index (χ1n) is 7.46. The van der Waals surface area contributed by atoms with Crippen LogP contribution in [-0.2, 0) is 4.74 Å². The maximum atomic E-state index is 12.1. The Morgan fingerprint density at radius 2 is 2.27 bits per heavy atom. The molecule has 1 aromatic rings. The molecule has 3 unspecified atom stereocenters. The minimum Gasteiger partial charge on any atom is -0.456 e. The third-order valence-corrected chi connectivity index (χ3v) is 5.19. The summed E-state index contributed by atoms with van der Waals surface area (Å²) in [4.78, 5) is 14.1. The van der Waals surface area contributed by atoms with Crippen LogP contribution in [0, 0.1) is 12.8 Å². The third-order valence-electron chi connectivity index (χ3n) is 4.83. The molecule has 1 N–H and O–H groups in total. The molecule has 2 fully saturated rings. The van der Waals surface area contributed by atoms with Gasteiger partial charge in [-0.2, -0.15) is 0 Å². The largest absolute Gasteiger partial charge is 0.456 e. The lowest BCUT2D eigenvalue weighted by atomic mass is 9.82. The highest BCUT2D eigenvalue weighted by molar-refractivity contribution is 7.80. The molecule has 0 aromatic carbocycles. The van der Waals surface area contributed by atoms with Crippen LogP contribution in [-0.4, -0.2) is 40.2 Å². The lowest BCUT2D eigenvalue weighted by Gasteiger charge is -2.25. The Kier molecular flexibility index (Phi) is 2.81. The SMILES string of the molecule is Cc1ccc(C(=O)NC(=S)N2CC3CC4(C)C=CC3(C2)O4)o1. The Morgan fingerprint density at radius 3 is 2.91 bits per heavy atom. The molecule has 3 aliphatic rings. The second-order valence-corrected chi connectivity index (χ2v) is 7.04. The van der Waals surface area contributed by atoms with E-state index in [2.05, 4.69) is 24.4 Å². The zero-order chi connectivity index (χ0) is 15.5. The van der Waals surface area contributed by atoms with Crippen molar-refractivity contribution in [3.63, 3.8) is 0 Å². The number of amides is 1.